The second-order valence-corrected chi connectivity index (χ2v) is 4.80. The fourth-order valence-corrected chi connectivity index (χ4v) is 2.04. The van der Waals surface area contributed by atoms with E-state index in [0.29, 0.717) is 18.9 Å². The van der Waals surface area contributed by atoms with E-state index < -0.39 is 0 Å². The molecular formula is C14H30N2O2. The molecule has 0 radical (unpaired) electrons. The molecule has 0 aromatic carbocycles. The average molecular weight is 258 g/mol. The van der Waals surface area contributed by atoms with Crippen LogP contribution in [0, 0.1) is 5.92 Å². The first kappa shape index (κ1) is 17.4. The highest BCUT2D eigenvalue weighted by Gasteiger charge is 2.21. The van der Waals surface area contributed by atoms with E-state index >= 15 is 0 Å². The number of hydrogen-bond acceptors (Lipinski definition) is 3. The number of rotatable bonds is 10. The maximum atomic E-state index is 12.2. The van der Waals surface area contributed by atoms with Crippen molar-refractivity contribution >= 4 is 5.91 Å². The van der Waals surface area contributed by atoms with E-state index in [4.69, 9.17) is 10.5 Å². The Hall–Kier alpha value is -0.610. The van der Waals surface area contributed by atoms with Gasteiger partial charge in [0.05, 0.1) is 6.04 Å². The minimum atomic E-state index is -0.380. The van der Waals surface area contributed by atoms with Crippen molar-refractivity contribution in [3.05, 3.63) is 0 Å². The van der Waals surface area contributed by atoms with E-state index in [2.05, 4.69) is 13.8 Å². The van der Waals surface area contributed by atoms with Gasteiger partial charge in [-0.1, -0.05) is 26.7 Å². The molecule has 0 fully saturated rings. The minimum absolute atomic E-state index is 0.0838. The molecule has 0 aliphatic carbocycles. The molecule has 4 heteroatoms. The lowest BCUT2D eigenvalue weighted by molar-refractivity contribution is -0.133. The number of amides is 1. The van der Waals surface area contributed by atoms with Crippen LogP contribution in [0.2, 0.25) is 0 Å². The van der Waals surface area contributed by atoms with Crippen molar-refractivity contribution in [3.63, 3.8) is 0 Å². The van der Waals surface area contributed by atoms with Gasteiger partial charge in [0.1, 0.15) is 0 Å². The first-order valence-corrected chi connectivity index (χ1v) is 7.13. The van der Waals surface area contributed by atoms with Crippen molar-refractivity contribution in [1.82, 2.24) is 4.90 Å². The summed E-state index contributed by atoms with van der Waals surface area (Å²) in [5.41, 5.74) is 5.95. The van der Waals surface area contributed by atoms with Crippen molar-refractivity contribution < 1.29 is 9.53 Å². The average Bonchev–Trinajstić information content (AvgIpc) is 2.39. The third-order valence-electron chi connectivity index (χ3n) is 3.51. The lowest BCUT2D eigenvalue weighted by atomic mass is 10.0. The minimum Gasteiger partial charge on any atom is -0.385 e. The van der Waals surface area contributed by atoms with E-state index in [9.17, 15) is 4.79 Å². The third-order valence-corrected chi connectivity index (χ3v) is 3.51. The van der Waals surface area contributed by atoms with Gasteiger partial charge >= 0.3 is 0 Å². The smallest absolute Gasteiger partial charge is 0.239 e. The van der Waals surface area contributed by atoms with Crippen molar-refractivity contribution in [3.8, 4) is 0 Å². The second kappa shape index (κ2) is 10.3. The molecule has 1 atom stereocenters. The van der Waals surface area contributed by atoms with Gasteiger partial charge in [-0.05, 0) is 25.7 Å². The molecule has 1 unspecified atom stereocenters. The Morgan fingerprint density at radius 2 is 1.89 bits per heavy atom. The summed E-state index contributed by atoms with van der Waals surface area (Å²) in [4.78, 5) is 14.1. The van der Waals surface area contributed by atoms with Crippen LogP contribution in [0.25, 0.3) is 0 Å². The summed E-state index contributed by atoms with van der Waals surface area (Å²) in [5, 5.41) is 0. The maximum Gasteiger partial charge on any atom is 0.239 e. The SMILES string of the molecule is CCC(CC)CN(CC)C(=O)C(N)CCCOC. The summed E-state index contributed by atoms with van der Waals surface area (Å²) in [5.74, 6) is 0.667. The van der Waals surface area contributed by atoms with Gasteiger partial charge in [0, 0.05) is 26.8 Å². The van der Waals surface area contributed by atoms with E-state index in [0.717, 1.165) is 32.4 Å². The molecule has 0 saturated heterocycles. The molecule has 2 N–H and O–H groups in total. The topological polar surface area (TPSA) is 55.6 Å². The Morgan fingerprint density at radius 1 is 1.28 bits per heavy atom. The second-order valence-electron chi connectivity index (χ2n) is 4.80. The fraction of sp³-hybridized carbons (Fsp3) is 0.929. The molecule has 0 rings (SSSR count). The summed E-state index contributed by atoms with van der Waals surface area (Å²) in [6.45, 7) is 8.60. The van der Waals surface area contributed by atoms with E-state index in [1.807, 2.05) is 11.8 Å². The van der Waals surface area contributed by atoms with E-state index in [1.165, 1.54) is 0 Å². The largest absolute Gasteiger partial charge is 0.385 e. The molecule has 0 saturated carbocycles. The van der Waals surface area contributed by atoms with Crippen LogP contribution in [0.4, 0.5) is 0 Å². The number of nitrogens with two attached hydrogens (primary N) is 1. The summed E-state index contributed by atoms with van der Waals surface area (Å²) >= 11 is 0. The van der Waals surface area contributed by atoms with Gasteiger partial charge in [0.25, 0.3) is 0 Å². The standard InChI is InChI=1S/C14H30N2O2/c1-5-12(6-2)11-16(7-3)14(17)13(15)9-8-10-18-4/h12-13H,5-11,15H2,1-4H3. The molecule has 0 heterocycles. The van der Waals surface area contributed by atoms with Crippen LogP contribution in [0.1, 0.15) is 46.5 Å². The molecule has 18 heavy (non-hydrogen) atoms. The van der Waals surface area contributed by atoms with Crippen LogP contribution in [0.5, 0.6) is 0 Å². The van der Waals surface area contributed by atoms with Gasteiger partial charge < -0.3 is 15.4 Å². The molecule has 0 spiro atoms. The van der Waals surface area contributed by atoms with E-state index in [1.54, 1.807) is 7.11 Å². The number of nitrogens with zero attached hydrogens (tertiary/aromatic N) is 1. The van der Waals surface area contributed by atoms with Crippen LogP contribution >= 0.6 is 0 Å². The van der Waals surface area contributed by atoms with Gasteiger partial charge in [-0.3, -0.25) is 4.79 Å². The molecule has 0 aliphatic rings. The number of carbonyl (C=O) groups is 1. The third kappa shape index (κ3) is 6.36. The summed E-state index contributed by atoms with van der Waals surface area (Å²) in [6, 6.07) is -0.380. The summed E-state index contributed by atoms with van der Waals surface area (Å²) in [7, 11) is 1.67. The predicted octanol–water partition coefficient (Wildman–Crippen LogP) is 2.02. The first-order valence-electron chi connectivity index (χ1n) is 7.13. The number of ether oxygens (including phenoxy) is 1. The molecule has 0 aromatic rings. The Kier molecular flexibility index (Phi) is 9.98. The molecular weight excluding hydrogens is 228 g/mol. The molecule has 0 aliphatic heterocycles. The highest BCUT2D eigenvalue weighted by atomic mass is 16.5. The first-order chi connectivity index (χ1) is 8.60. The molecule has 108 valence electrons. The number of methoxy groups -OCH3 is 1. The van der Waals surface area contributed by atoms with Gasteiger partial charge in [-0.2, -0.15) is 0 Å². The van der Waals surface area contributed by atoms with Crippen LogP contribution in [0.15, 0.2) is 0 Å². The van der Waals surface area contributed by atoms with Crippen molar-refractivity contribution in [2.45, 2.75) is 52.5 Å². The monoisotopic (exact) mass is 258 g/mol. The highest BCUT2D eigenvalue weighted by Crippen LogP contribution is 2.11. The fourth-order valence-electron chi connectivity index (χ4n) is 2.04. The Labute approximate surface area is 112 Å². The zero-order valence-electron chi connectivity index (χ0n) is 12.4. The summed E-state index contributed by atoms with van der Waals surface area (Å²) < 4.78 is 4.98. The van der Waals surface area contributed by atoms with Gasteiger partial charge in [0.15, 0.2) is 0 Å². The van der Waals surface area contributed by atoms with Crippen molar-refractivity contribution in [1.29, 1.82) is 0 Å². The van der Waals surface area contributed by atoms with E-state index in [-0.39, 0.29) is 11.9 Å². The molecule has 0 bridgehead atoms. The Balaban J connectivity index is 4.23. The number of carbonyl (C=O) groups excluding carboxylic acids is 1. The molecule has 1 amide bonds. The van der Waals surface area contributed by atoms with Gasteiger partial charge in [-0.25, -0.2) is 0 Å². The zero-order chi connectivity index (χ0) is 14.0. The predicted molar refractivity (Wildman–Crippen MR) is 75.4 cm³/mol. The zero-order valence-corrected chi connectivity index (χ0v) is 12.4. The van der Waals surface area contributed by atoms with Crippen molar-refractivity contribution in [2.75, 3.05) is 26.8 Å². The normalized spacial score (nSPS) is 12.8. The lowest BCUT2D eigenvalue weighted by Gasteiger charge is -2.28. The van der Waals surface area contributed by atoms with Crippen LogP contribution in [-0.2, 0) is 9.53 Å². The molecule has 4 nitrogen and oxygen atoms in total. The van der Waals surface area contributed by atoms with Gasteiger partial charge in [-0.15, -0.1) is 0 Å². The van der Waals surface area contributed by atoms with Crippen LogP contribution < -0.4 is 5.73 Å². The Morgan fingerprint density at radius 3 is 2.33 bits per heavy atom. The van der Waals surface area contributed by atoms with Crippen LogP contribution in [-0.4, -0.2) is 43.7 Å². The Bertz CT molecular complexity index is 218. The quantitative estimate of drug-likeness (QED) is 0.610. The van der Waals surface area contributed by atoms with Crippen LogP contribution in [0.3, 0.4) is 0 Å². The van der Waals surface area contributed by atoms with Crippen molar-refractivity contribution in [2.24, 2.45) is 11.7 Å². The highest BCUT2D eigenvalue weighted by molar-refractivity contribution is 5.81. The molecule has 0 aromatic heterocycles. The summed E-state index contributed by atoms with van der Waals surface area (Å²) in [6.07, 6.45) is 3.76. The number of likely N-dealkylation sites (N-methyl/N-ethyl adjacent to an activating group) is 1. The lowest BCUT2D eigenvalue weighted by Crippen LogP contribution is -2.45. The maximum absolute atomic E-state index is 12.2. The van der Waals surface area contributed by atoms with Gasteiger partial charge in [0.2, 0.25) is 5.91 Å². The number of hydrogen-bond donors (Lipinski definition) is 1.